The molecule has 0 bridgehead atoms. The summed E-state index contributed by atoms with van der Waals surface area (Å²) in [5, 5.41) is 0. The predicted molar refractivity (Wildman–Crippen MR) is 48.3 cm³/mol. The number of H-pyrrole nitrogens is 1. The van der Waals surface area contributed by atoms with E-state index in [2.05, 4.69) is 20.4 Å². The standard InChI is InChI=1S/C7H7N5O2/c1-4-5-6(11-7(14)10-4)12(2-8-5)9-3-13/h2-3H,1H3,(H,9,13)(H,10,11,14). The van der Waals surface area contributed by atoms with Crippen LogP contribution in [0.3, 0.4) is 0 Å². The lowest BCUT2D eigenvalue weighted by Crippen LogP contribution is -2.17. The van der Waals surface area contributed by atoms with Crippen molar-refractivity contribution < 1.29 is 4.79 Å². The molecule has 0 spiro atoms. The third kappa shape index (κ3) is 1.15. The van der Waals surface area contributed by atoms with Crippen molar-refractivity contribution in [2.75, 3.05) is 5.43 Å². The summed E-state index contributed by atoms with van der Waals surface area (Å²) in [4.78, 5) is 31.4. The summed E-state index contributed by atoms with van der Waals surface area (Å²) in [6.07, 6.45) is 1.87. The number of aryl methyl sites for hydroxylation is 1. The van der Waals surface area contributed by atoms with Crippen molar-refractivity contribution in [3.8, 4) is 0 Å². The van der Waals surface area contributed by atoms with Gasteiger partial charge in [-0.1, -0.05) is 0 Å². The zero-order valence-corrected chi connectivity index (χ0v) is 7.31. The number of fused-ring (bicyclic) bond motifs is 1. The molecule has 0 saturated heterocycles. The van der Waals surface area contributed by atoms with Crippen LogP contribution in [0.25, 0.3) is 11.2 Å². The average Bonchev–Trinajstić information content (AvgIpc) is 2.49. The highest BCUT2D eigenvalue weighted by Gasteiger charge is 2.07. The second-order valence-electron chi connectivity index (χ2n) is 2.70. The van der Waals surface area contributed by atoms with Crippen LogP contribution in [0.5, 0.6) is 0 Å². The molecule has 7 heteroatoms. The van der Waals surface area contributed by atoms with Crippen molar-refractivity contribution in [3.63, 3.8) is 0 Å². The molecule has 7 nitrogen and oxygen atoms in total. The molecule has 2 rings (SSSR count). The Bertz CT molecular complexity index is 540. The lowest BCUT2D eigenvalue weighted by molar-refractivity contribution is -0.106. The normalized spacial score (nSPS) is 10.4. The van der Waals surface area contributed by atoms with Crippen LogP contribution >= 0.6 is 0 Å². The highest BCUT2D eigenvalue weighted by molar-refractivity contribution is 5.74. The van der Waals surface area contributed by atoms with Gasteiger partial charge in [-0.05, 0) is 6.92 Å². The van der Waals surface area contributed by atoms with Gasteiger partial charge in [0.2, 0.25) is 6.41 Å². The van der Waals surface area contributed by atoms with E-state index >= 15 is 0 Å². The molecular weight excluding hydrogens is 186 g/mol. The number of hydrogen-bond acceptors (Lipinski definition) is 4. The molecule has 0 aliphatic rings. The van der Waals surface area contributed by atoms with E-state index in [0.717, 1.165) is 0 Å². The Balaban J connectivity index is 2.78. The van der Waals surface area contributed by atoms with Gasteiger partial charge in [0.25, 0.3) is 0 Å². The van der Waals surface area contributed by atoms with Crippen LogP contribution in [0.15, 0.2) is 11.1 Å². The van der Waals surface area contributed by atoms with Gasteiger partial charge in [0.05, 0.1) is 0 Å². The molecule has 14 heavy (non-hydrogen) atoms. The Morgan fingerprint density at radius 2 is 2.43 bits per heavy atom. The number of carbonyl (C=O) groups is 1. The first-order valence-electron chi connectivity index (χ1n) is 3.86. The van der Waals surface area contributed by atoms with Crippen molar-refractivity contribution in [2.24, 2.45) is 0 Å². The van der Waals surface area contributed by atoms with E-state index in [4.69, 9.17) is 0 Å². The van der Waals surface area contributed by atoms with E-state index in [0.29, 0.717) is 23.3 Å². The summed E-state index contributed by atoms with van der Waals surface area (Å²) in [6, 6.07) is 0. The zero-order valence-electron chi connectivity index (χ0n) is 7.31. The second-order valence-corrected chi connectivity index (χ2v) is 2.70. The minimum absolute atomic E-state index is 0.332. The highest BCUT2D eigenvalue weighted by Crippen LogP contribution is 2.07. The van der Waals surface area contributed by atoms with E-state index in [1.54, 1.807) is 6.92 Å². The van der Waals surface area contributed by atoms with E-state index in [-0.39, 0.29) is 0 Å². The van der Waals surface area contributed by atoms with Gasteiger partial charge in [0, 0.05) is 5.69 Å². The Kier molecular flexibility index (Phi) is 1.77. The molecule has 0 aliphatic heterocycles. The minimum Gasteiger partial charge on any atom is -0.308 e. The average molecular weight is 193 g/mol. The molecule has 0 saturated carbocycles. The first kappa shape index (κ1) is 8.42. The number of nitrogens with zero attached hydrogens (tertiary/aromatic N) is 3. The van der Waals surface area contributed by atoms with Crippen molar-refractivity contribution in [1.29, 1.82) is 0 Å². The number of nitrogens with one attached hydrogen (secondary N) is 2. The summed E-state index contributed by atoms with van der Waals surface area (Å²) in [5.74, 6) is 0. The minimum atomic E-state index is -0.468. The number of imidazole rings is 1. The predicted octanol–water partition coefficient (Wildman–Crippen LogP) is -0.872. The molecule has 0 atom stereocenters. The van der Waals surface area contributed by atoms with Crippen LogP contribution in [-0.4, -0.2) is 26.0 Å². The van der Waals surface area contributed by atoms with E-state index < -0.39 is 5.69 Å². The summed E-state index contributed by atoms with van der Waals surface area (Å²) in [6.45, 7) is 1.71. The molecule has 2 heterocycles. The van der Waals surface area contributed by atoms with Crippen LogP contribution in [0, 0.1) is 6.92 Å². The molecule has 0 aliphatic carbocycles. The molecule has 0 unspecified atom stereocenters. The van der Waals surface area contributed by atoms with Crippen LogP contribution in [0.2, 0.25) is 0 Å². The molecule has 0 fully saturated rings. The van der Waals surface area contributed by atoms with Gasteiger partial charge in [-0.15, -0.1) is 0 Å². The van der Waals surface area contributed by atoms with Crippen LogP contribution in [0.1, 0.15) is 5.69 Å². The van der Waals surface area contributed by atoms with E-state index in [9.17, 15) is 9.59 Å². The van der Waals surface area contributed by atoms with Gasteiger partial charge in [0.15, 0.2) is 5.65 Å². The fraction of sp³-hybridized carbons (Fsp3) is 0.143. The number of hydrogen-bond donors (Lipinski definition) is 2. The number of amides is 1. The van der Waals surface area contributed by atoms with Gasteiger partial charge in [-0.25, -0.2) is 14.5 Å². The third-order valence-electron chi connectivity index (χ3n) is 1.79. The highest BCUT2D eigenvalue weighted by atomic mass is 16.1. The maximum absolute atomic E-state index is 11.0. The lowest BCUT2D eigenvalue weighted by Gasteiger charge is -1.98. The molecule has 1 amide bonds. The Labute approximate surface area is 77.8 Å². The Morgan fingerprint density at radius 3 is 3.14 bits per heavy atom. The molecule has 2 N–H and O–H groups in total. The van der Waals surface area contributed by atoms with Crippen molar-refractivity contribution in [1.82, 2.24) is 19.6 Å². The maximum atomic E-state index is 11.0. The zero-order chi connectivity index (χ0) is 10.1. The largest absolute Gasteiger partial charge is 0.347 e. The van der Waals surface area contributed by atoms with Gasteiger partial charge in [-0.3, -0.25) is 10.2 Å². The Morgan fingerprint density at radius 1 is 1.64 bits per heavy atom. The van der Waals surface area contributed by atoms with Gasteiger partial charge < -0.3 is 4.98 Å². The topological polar surface area (TPSA) is 92.7 Å². The molecule has 2 aromatic heterocycles. The van der Waals surface area contributed by atoms with Crippen molar-refractivity contribution >= 4 is 17.6 Å². The summed E-state index contributed by atoms with van der Waals surface area (Å²) >= 11 is 0. The van der Waals surface area contributed by atoms with E-state index in [1.807, 2.05) is 0 Å². The number of carbonyl (C=O) groups excluding carboxylic acids is 1. The summed E-state index contributed by atoms with van der Waals surface area (Å²) in [7, 11) is 0. The molecule has 72 valence electrons. The molecular formula is C7H7N5O2. The van der Waals surface area contributed by atoms with Crippen LogP contribution < -0.4 is 11.1 Å². The SMILES string of the molecule is Cc1[nH]c(=O)nc2c1ncn2NC=O. The number of aromatic nitrogens is 4. The van der Waals surface area contributed by atoms with Gasteiger partial charge >= 0.3 is 5.69 Å². The molecule has 0 radical (unpaired) electrons. The first-order chi connectivity index (χ1) is 6.72. The monoisotopic (exact) mass is 193 g/mol. The van der Waals surface area contributed by atoms with Crippen LogP contribution in [0.4, 0.5) is 0 Å². The van der Waals surface area contributed by atoms with E-state index in [1.165, 1.54) is 11.0 Å². The quantitative estimate of drug-likeness (QED) is 0.606. The van der Waals surface area contributed by atoms with Crippen LogP contribution in [-0.2, 0) is 4.79 Å². The number of rotatable bonds is 2. The third-order valence-corrected chi connectivity index (χ3v) is 1.79. The molecule has 0 aromatic carbocycles. The second kappa shape index (κ2) is 2.95. The Hall–Kier alpha value is -2.18. The summed E-state index contributed by atoms with van der Waals surface area (Å²) < 4.78 is 1.28. The fourth-order valence-corrected chi connectivity index (χ4v) is 1.21. The molecule has 2 aromatic rings. The van der Waals surface area contributed by atoms with Gasteiger partial charge in [0.1, 0.15) is 11.8 Å². The smallest absolute Gasteiger partial charge is 0.308 e. The fourth-order valence-electron chi connectivity index (χ4n) is 1.21. The first-order valence-corrected chi connectivity index (χ1v) is 3.86. The maximum Gasteiger partial charge on any atom is 0.347 e. The van der Waals surface area contributed by atoms with Crippen molar-refractivity contribution in [3.05, 3.63) is 22.5 Å². The number of aromatic amines is 1. The van der Waals surface area contributed by atoms with Crippen molar-refractivity contribution in [2.45, 2.75) is 6.92 Å². The lowest BCUT2D eigenvalue weighted by atomic mass is 10.4. The summed E-state index contributed by atoms with van der Waals surface area (Å²) in [5.41, 5.74) is 3.38. The van der Waals surface area contributed by atoms with Gasteiger partial charge in [-0.2, -0.15) is 4.98 Å².